The highest BCUT2D eigenvalue weighted by Crippen LogP contribution is 2.24. The van der Waals surface area contributed by atoms with Crippen LogP contribution >= 0.6 is 0 Å². The van der Waals surface area contributed by atoms with Crippen LogP contribution in [0, 0.1) is 11.3 Å². The Morgan fingerprint density at radius 1 is 1.36 bits per heavy atom. The number of amides is 1. The van der Waals surface area contributed by atoms with Crippen molar-refractivity contribution in [2.24, 2.45) is 11.3 Å². The number of carbonyl (C=O) groups excluding carboxylic acids is 1. The second kappa shape index (κ2) is 5.35. The Bertz CT molecular complexity index is 184. The molecule has 0 aromatic heterocycles. The maximum absolute atomic E-state index is 11.4. The van der Waals surface area contributed by atoms with E-state index in [2.05, 4.69) is 33.0 Å². The molecule has 84 valence electrons. The van der Waals surface area contributed by atoms with Crippen LogP contribution in [-0.4, -0.2) is 25.7 Å². The number of ether oxygens (including phenoxy) is 1. The third-order valence-electron chi connectivity index (χ3n) is 2.78. The normalized spacial score (nSPS) is 16.1. The lowest BCUT2D eigenvalue weighted by Crippen LogP contribution is -2.39. The molecule has 2 unspecified atom stereocenters. The van der Waals surface area contributed by atoms with E-state index in [0.717, 1.165) is 0 Å². The van der Waals surface area contributed by atoms with Crippen LogP contribution < -0.4 is 5.32 Å². The molecule has 1 amide bonds. The molecule has 0 aliphatic rings. The largest absolute Gasteiger partial charge is 0.372 e. The van der Waals surface area contributed by atoms with E-state index in [1.807, 2.05) is 0 Å². The molecule has 0 saturated carbocycles. The quantitative estimate of drug-likeness (QED) is 0.753. The highest BCUT2D eigenvalue weighted by Gasteiger charge is 2.21. The van der Waals surface area contributed by atoms with E-state index in [4.69, 9.17) is 4.74 Å². The van der Waals surface area contributed by atoms with Gasteiger partial charge in [0.15, 0.2) is 0 Å². The smallest absolute Gasteiger partial charge is 0.248 e. The first-order valence-electron chi connectivity index (χ1n) is 5.09. The molecule has 0 aromatic rings. The standard InChI is InChI=1S/C11H23NO2/c1-8(11(3,4)5)7-12-10(13)9(2)14-6/h8-9H,7H2,1-6H3,(H,12,13). The van der Waals surface area contributed by atoms with Gasteiger partial charge in [0, 0.05) is 13.7 Å². The Morgan fingerprint density at radius 3 is 2.21 bits per heavy atom. The molecule has 1 N–H and O–H groups in total. The fraction of sp³-hybridized carbons (Fsp3) is 0.909. The highest BCUT2D eigenvalue weighted by molar-refractivity contribution is 5.80. The molecular formula is C11H23NO2. The minimum atomic E-state index is -0.359. The maximum Gasteiger partial charge on any atom is 0.248 e. The Morgan fingerprint density at radius 2 is 1.86 bits per heavy atom. The lowest BCUT2D eigenvalue weighted by Gasteiger charge is -2.27. The van der Waals surface area contributed by atoms with Gasteiger partial charge < -0.3 is 10.1 Å². The van der Waals surface area contributed by atoms with Crippen molar-refractivity contribution in [3.63, 3.8) is 0 Å². The Kier molecular flexibility index (Phi) is 5.13. The van der Waals surface area contributed by atoms with Gasteiger partial charge in [-0.15, -0.1) is 0 Å². The Balaban J connectivity index is 3.89. The first-order chi connectivity index (χ1) is 6.29. The molecule has 0 spiro atoms. The van der Waals surface area contributed by atoms with E-state index in [1.54, 1.807) is 6.92 Å². The third kappa shape index (κ3) is 4.61. The van der Waals surface area contributed by atoms with Crippen molar-refractivity contribution in [3.8, 4) is 0 Å². The van der Waals surface area contributed by atoms with Crippen molar-refractivity contribution >= 4 is 5.91 Å². The van der Waals surface area contributed by atoms with E-state index in [9.17, 15) is 4.79 Å². The summed E-state index contributed by atoms with van der Waals surface area (Å²) in [4.78, 5) is 11.4. The van der Waals surface area contributed by atoms with Crippen molar-refractivity contribution in [2.45, 2.75) is 40.7 Å². The molecule has 14 heavy (non-hydrogen) atoms. The summed E-state index contributed by atoms with van der Waals surface area (Å²) in [5, 5.41) is 2.88. The molecule has 0 saturated heterocycles. The van der Waals surface area contributed by atoms with Crippen molar-refractivity contribution in [3.05, 3.63) is 0 Å². The van der Waals surface area contributed by atoms with Crippen LogP contribution in [0.3, 0.4) is 0 Å². The zero-order valence-electron chi connectivity index (χ0n) is 10.2. The van der Waals surface area contributed by atoms with Crippen molar-refractivity contribution in [2.75, 3.05) is 13.7 Å². The molecule has 0 heterocycles. The lowest BCUT2D eigenvalue weighted by molar-refractivity contribution is -0.130. The molecule has 2 atom stereocenters. The van der Waals surface area contributed by atoms with Crippen LogP contribution in [0.25, 0.3) is 0 Å². The number of hydrogen-bond acceptors (Lipinski definition) is 2. The zero-order valence-corrected chi connectivity index (χ0v) is 10.2. The van der Waals surface area contributed by atoms with Crippen LogP contribution in [0.15, 0.2) is 0 Å². The predicted octanol–water partition coefficient (Wildman–Crippen LogP) is 1.82. The monoisotopic (exact) mass is 201 g/mol. The first kappa shape index (κ1) is 13.4. The van der Waals surface area contributed by atoms with E-state index in [0.29, 0.717) is 12.5 Å². The molecule has 0 aromatic carbocycles. The number of rotatable bonds is 4. The summed E-state index contributed by atoms with van der Waals surface area (Å²) in [5.74, 6) is 0.416. The first-order valence-corrected chi connectivity index (χ1v) is 5.09. The van der Waals surface area contributed by atoms with Gasteiger partial charge >= 0.3 is 0 Å². The third-order valence-corrected chi connectivity index (χ3v) is 2.78. The predicted molar refractivity (Wildman–Crippen MR) is 58.1 cm³/mol. The van der Waals surface area contributed by atoms with Crippen LogP contribution in [0.4, 0.5) is 0 Å². The fourth-order valence-corrected chi connectivity index (χ4v) is 0.811. The van der Waals surface area contributed by atoms with Crippen LogP contribution in [0.2, 0.25) is 0 Å². The number of nitrogens with one attached hydrogen (secondary N) is 1. The molecule has 0 radical (unpaired) electrons. The molecule has 0 bridgehead atoms. The zero-order chi connectivity index (χ0) is 11.4. The number of methoxy groups -OCH3 is 1. The summed E-state index contributed by atoms with van der Waals surface area (Å²) in [6.07, 6.45) is -0.359. The van der Waals surface area contributed by atoms with Gasteiger partial charge in [0.2, 0.25) is 5.91 Å². The summed E-state index contributed by atoms with van der Waals surface area (Å²) in [6, 6.07) is 0. The van der Waals surface area contributed by atoms with E-state index >= 15 is 0 Å². The maximum atomic E-state index is 11.4. The van der Waals surface area contributed by atoms with Gasteiger partial charge in [-0.25, -0.2) is 0 Å². The van der Waals surface area contributed by atoms with Gasteiger partial charge in [-0.2, -0.15) is 0 Å². The molecule has 0 aliphatic carbocycles. The van der Waals surface area contributed by atoms with Gasteiger partial charge in [-0.3, -0.25) is 4.79 Å². The number of carbonyl (C=O) groups is 1. The SMILES string of the molecule is COC(C)C(=O)NCC(C)C(C)(C)C. The van der Waals surface area contributed by atoms with E-state index in [1.165, 1.54) is 7.11 Å². The minimum absolute atomic E-state index is 0.0383. The second-order valence-electron chi connectivity index (χ2n) is 4.89. The van der Waals surface area contributed by atoms with Crippen molar-refractivity contribution in [1.29, 1.82) is 0 Å². The highest BCUT2D eigenvalue weighted by atomic mass is 16.5. The molecular weight excluding hydrogens is 178 g/mol. The average Bonchev–Trinajstić information content (AvgIpc) is 2.10. The molecule has 0 fully saturated rings. The van der Waals surface area contributed by atoms with Crippen molar-refractivity contribution in [1.82, 2.24) is 5.32 Å². The number of hydrogen-bond donors (Lipinski definition) is 1. The summed E-state index contributed by atoms with van der Waals surface area (Å²) >= 11 is 0. The summed E-state index contributed by atoms with van der Waals surface area (Å²) in [6.45, 7) is 11.1. The van der Waals surface area contributed by atoms with E-state index < -0.39 is 0 Å². The van der Waals surface area contributed by atoms with E-state index in [-0.39, 0.29) is 17.4 Å². The van der Waals surface area contributed by atoms with Gasteiger partial charge in [0.05, 0.1) is 0 Å². The Labute approximate surface area is 87.2 Å². The summed E-state index contributed by atoms with van der Waals surface area (Å²) < 4.78 is 4.92. The fourth-order valence-electron chi connectivity index (χ4n) is 0.811. The van der Waals surface area contributed by atoms with Gasteiger partial charge in [0.25, 0.3) is 0 Å². The van der Waals surface area contributed by atoms with Crippen LogP contribution in [-0.2, 0) is 9.53 Å². The molecule has 3 nitrogen and oxygen atoms in total. The van der Waals surface area contributed by atoms with Crippen molar-refractivity contribution < 1.29 is 9.53 Å². The van der Waals surface area contributed by atoms with Gasteiger partial charge in [-0.1, -0.05) is 27.7 Å². The lowest BCUT2D eigenvalue weighted by atomic mass is 9.82. The van der Waals surface area contributed by atoms with Gasteiger partial charge in [0.1, 0.15) is 6.10 Å². The molecule has 0 rings (SSSR count). The topological polar surface area (TPSA) is 38.3 Å². The molecule has 3 heteroatoms. The molecule has 0 aliphatic heterocycles. The average molecular weight is 201 g/mol. The van der Waals surface area contributed by atoms with Crippen LogP contribution in [0.5, 0.6) is 0 Å². The van der Waals surface area contributed by atoms with Crippen LogP contribution in [0.1, 0.15) is 34.6 Å². The van der Waals surface area contributed by atoms with Gasteiger partial charge in [-0.05, 0) is 18.3 Å². The minimum Gasteiger partial charge on any atom is -0.372 e. The Hall–Kier alpha value is -0.570. The second-order valence-corrected chi connectivity index (χ2v) is 4.89. The summed E-state index contributed by atoms with van der Waals surface area (Å²) in [7, 11) is 1.54. The summed E-state index contributed by atoms with van der Waals surface area (Å²) in [5.41, 5.74) is 0.226.